The lowest BCUT2D eigenvalue weighted by Gasteiger charge is -2.29. The summed E-state index contributed by atoms with van der Waals surface area (Å²) in [4.78, 5) is 15.4. The Kier molecular flexibility index (Phi) is 5.92. The van der Waals surface area contributed by atoms with E-state index >= 15 is 0 Å². The quantitative estimate of drug-likeness (QED) is 0.615. The van der Waals surface area contributed by atoms with Gasteiger partial charge in [-0.15, -0.1) is 11.3 Å². The summed E-state index contributed by atoms with van der Waals surface area (Å²) in [6.07, 6.45) is 3.25. The largest absolute Gasteiger partial charge is 0.378 e. The van der Waals surface area contributed by atoms with Crippen LogP contribution in [0.2, 0.25) is 4.34 Å². The number of aryl methyl sites for hydroxylation is 2. The predicted octanol–water partition coefficient (Wildman–Crippen LogP) is 3.51. The van der Waals surface area contributed by atoms with E-state index in [1.54, 1.807) is 25.3 Å². The van der Waals surface area contributed by atoms with E-state index < -0.39 is 10.0 Å². The van der Waals surface area contributed by atoms with E-state index in [-0.39, 0.29) is 4.21 Å². The topological polar surface area (TPSA) is 97.3 Å². The molecule has 1 aliphatic rings. The van der Waals surface area contributed by atoms with Crippen molar-refractivity contribution in [1.29, 1.82) is 0 Å². The number of nitrogens with one attached hydrogen (secondary N) is 1. The molecule has 1 aliphatic heterocycles. The number of morpholine rings is 1. The molecule has 0 aliphatic carbocycles. The van der Waals surface area contributed by atoms with E-state index in [0.717, 1.165) is 47.1 Å². The van der Waals surface area contributed by atoms with Gasteiger partial charge in [-0.2, -0.15) is 0 Å². The molecule has 3 aromatic heterocycles. The van der Waals surface area contributed by atoms with Gasteiger partial charge in [0.2, 0.25) is 0 Å². The van der Waals surface area contributed by atoms with Gasteiger partial charge in [0.25, 0.3) is 10.0 Å². The highest BCUT2D eigenvalue weighted by molar-refractivity contribution is 7.94. The Morgan fingerprint density at radius 3 is 2.60 bits per heavy atom. The molecule has 0 atom stereocenters. The van der Waals surface area contributed by atoms with Gasteiger partial charge in [0.05, 0.1) is 34.6 Å². The number of halogens is 1. The first kappa shape index (κ1) is 21.0. The molecule has 8 nitrogen and oxygen atoms in total. The van der Waals surface area contributed by atoms with Gasteiger partial charge in [0.1, 0.15) is 16.4 Å². The van der Waals surface area contributed by atoms with Crippen LogP contribution in [0.3, 0.4) is 0 Å². The van der Waals surface area contributed by atoms with E-state index in [1.165, 1.54) is 12.4 Å². The molecule has 1 saturated heterocycles. The lowest BCUT2D eigenvalue weighted by atomic mass is 10.0. The van der Waals surface area contributed by atoms with Crippen LogP contribution in [0.15, 0.2) is 34.9 Å². The Balaban J connectivity index is 1.74. The second kappa shape index (κ2) is 8.46. The van der Waals surface area contributed by atoms with Crippen LogP contribution in [0.1, 0.15) is 11.4 Å². The SMILES string of the molecule is Cc1ncc(-c2c(C)ncnc2N2CCOCC2)cc1NS(=O)(=O)c1ccc(Cl)s1. The van der Waals surface area contributed by atoms with Crippen LogP contribution in [0, 0.1) is 13.8 Å². The predicted molar refractivity (Wildman–Crippen MR) is 118 cm³/mol. The van der Waals surface area contributed by atoms with Crippen molar-refractivity contribution in [3.8, 4) is 11.1 Å². The molecule has 0 spiro atoms. The van der Waals surface area contributed by atoms with Gasteiger partial charge in [0, 0.05) is 30.4 Å². The highest BCUT2D eigenvalue weighted by Gasteiger charge is 2.22. The van der Waals surface area contributed by atoms with Crippen molar-refractivity contribution in [2.75, 3.05) is 35.9 Å². The molecule has 158 valence electrons. The van der Waals surface area contributed by atoms with E-state index in [0.29, 0.717) is 28.9 Å². The van der Waals surface area contributed by atoms with Crippen molar-refractivity contribution in [3.05, 3.63) is 46.4 Å². The van der Waals surface area contributed by atoms with Gasteiger partial charge in [-0.3, -0.25) is 9.71 Å². The number of hydrogen-bond acceptors (Lipinski definition) is 8. The summed E-state index contributed by atoms with van der Waals surface area (Å²) >= 11 is 6.90. The minimum Gasteiger partial charge on any atom is -0.378 e. The smallest absolute Gasteiger partial charge is 0.271 e. The second-order valence-electron chi connectivity index (χ2n) is 6.78. The van der Waals surface area contributed by atoms with E-state index in [1.807, 2.05) is 6.92 Å². The van der Waals surface area contributed by atoms with Crippen LogP contribution in [-0.2, 0) is 14.8 Å². The second-order valence-corrected chi connectivity index (χ2v) is 10.4. The van der Waals surface area contributed by atoms with Crippen LogP contribution in [0.5, 0.6) is 0 Å². The lowest BCUT2D eigenvalue weighted by Crippen LogP contribution is -2.37. The molecule has 0 saturated carbocycles. The number of nitrogens with zero attached hydrogens (tertiary/aromatic N) is 4. The van der Waals surface area contributed by atoms with Gasteiger partial charge in [0.15, 0.2) is 0 Å². The molecule has 0 bridgehead atoms. The summed E-state index contributed by atoms with van der Waals surface area (Å²) in [5.41, 5.74) is 3.31. The van der Waals surface area contributed by atoms with Crippen LogP contribution >= 0.6 is 22.9 Å². The summed E-state index contributed by atoms with van der Waals surface area (Å²) in [6, 6.07) is 4.81. The Labute approximate surface area is 184 Å². The molecule has 4 heterocycles. The fourth-order valence-corrected chi connectivity index (χ4v) is 5.82. The van der Waals surface area contributed by atoms with Crippen molar-refractivity contribution in [2.45, 2.75) is 18.1 Å². The third kappa shape index (κ3) is 4.27. The third-order valence-corrected chi connectivity index (χ3v) is 7.85. The standard InChI is InChI=1S/C19H20ClN5O3S2/c1-12-15(24-30(26,27)17-4-3-16(20)29-17)9-14(10-21-12)18-13(2)22-11-23-19(18)25-5-7-28-8-6-25/h3-4,9-11,24H,5-8H2,1-2H3. The summed E-state index contributed by atoms with van der Waals surface area (Å²) < 4.78 is 34.2. The zero-order valence-corrected chi connectivity index (χ0v) is 18.8. The number of aromatic nitrogens is 3. The maximum atomic E-state index is 12.8. The molecular weight excluding hydrogens is 446 g/mol. The fourth-order valence-electron chi connectivity index (χ4n) is 3.22. The lowest BCUT2D eigenvalue weighted by molar-refractivity contribution is 0.122. The number of sulfonamides is 1. The van der Waals surface area contributed by atoms with Gasteiger partial charge in [-0.25, -0.2) is 18.4 Å². The molecule has 0 amide bonds. The number of hydrogen-bond donors (Lipinski definition) is 1. The molecule has 1 fully saturated rings. The normalized spacial score (nSPS) is 14.7. The average molecular weight is 466 g/mol. The van der Waals surface area contributed by atoms with Crippen LogP contribution < -0.4 is 9.62 Å². The Morgan fingerprint density at radius 2 is 1.90 bits per heavy atom. The zero-order valence-electron chi connectivity index (χ0n) is 16.4. The molecule has 3 aromatic rings. The molecule has 0 radical (unpaired) electrons. The maximum absolute atomic E-state index is 12.8. The first-order chi connectivity index (χ1) is 14.3. The summed E-state index contributed by atoms with van der Waals surface area (Å²) in [5, 5.41) is 0. The van der Waals surface area contributed by atoms with Gasteiger partial charge < -0.3 is 9.64 Å². The number of anilines is 2. The molecule has 0 aromatic carbocycles. The van der Waals surface area contributed by atoms with E-state index in [4.69, 9.17) is 16.3 Å². The van der Waals surface area contributed by atoms with Crippen LogP contribution in [0.25, 0.3) is 11.1 Å². The third-order valence-electron chi connectivity index (χ3n) is 4.76. The highest BCUT2D eigenvalue weighted by Crippen LogP contribution is 2.34. The molecular formula is C19H20ClN5O3S2. The molecule has 11 heteroatoms. The monoisotopic (exact) mass is 465 g/mol. The average Bonchev–Trinajstić information content (AvgIpc) is 3.18. The van der Waals surface area contributed by atoms with Crippen molar-refractivity contribution in [2.24, 2.45) is 0 Å². The van der Waals surface area contributed by atoms with Gasteiger partial charge >= 0.3 is 0 Å². The number of thiophene rings is 1. The Hall–Kier alpha value is -2.27. The molecule has 0 unspecified atom stereocenters. The fraction of sp³-hybridized carbons (Fsp3) is 0.316. The van der Waals surface area contributed by atoms with Crippen LogP contribution in [-0.4, -0.2) is 49.7 Å². The maximum Gasteiger partial charge on any atom is 0.271 e. The Morgan fingerprint density at radius 1 is 1.13 bits per heavy atom. The summed E-state index contributed by atoms with van der Waals surface area (Å²) in [6.45, 7) is 6.35. The van der Waals surface area contributed by atoms with Crippen molar-refractivity contribution >= 4 is 44.5 Å². The first-order valence-corrected chi connectivity index (χ1v) is 11.9. The Bertz CT molecular complexity index is 1180. The summed E-state index contributed by atoms with van der Waals surface area (Å²) in [7, 11) is -3.77. The number of pyridine rings is 1. The summed E-state index contributed by atoms with van der Waals surface area (Å²) in [5.74, 6) is 0.787. The van der Waals surface area contributed by atoms with Crippen LogP contribution in [0.4, 0.5) is 11.5 Å². The van der Waals surface area contributed by atoms with Gasteiger partial charge in [-0.05, 0) is 32.0 Å². The molecule has 4 rings (SSSR count). The molecule has 1 N–H and O–H groups in total. The van der Waals surface area contributed by atoms with Gasteiger partial charge in [-0.1, -0.05) is 11.6 Å². The number of ether oxygens (including phenoxy) is 1. The first-order valence-electron chi connectivity index (χ1n) is 9.24. The molecule has 30 heavy (non-hydrogen) atoms. The van der Waals surface area contributed by atoms with Crippen molar-refractivity contribution < 1.29 is 13.2 Å². The van der Waals surface area contributed by atoms with E-state index in [9.17, 15) is 8.42 Å². The van der Waals surface area contributed by atoms with E-state index in [2.05, 4.69) is 24.6 Å². The number of rotatable bonds is 5. The minimum absolute atomic E-state index is 0.144. The van der Waals surface area contributed by atoms with Crippen molar-refractivity contribution in [1.82, 2.24) is 15.0 Å². The zero-order chi connectivity index (χ0) is 21.3. The minimum atomic E-state index is -3.77. The highest BCUT2D eigenvalue weighted by atomic mass is 35.5. The van der Waals surface area contributed by atoms with Crippen molar-refractivity contribution in [3.63, 3.8) is 0 Å².